The van der Waals surface area contributed by atoms with Crippen molar-refractivity contribution in [3.05, 3.63) is 60.2 Å². The van der Waals surface area contributed by atoms with Gasteiger partial charge in [-0.15, -0.1) is 0 Å². The van der Waals surface area contributed by atoms with Crippen LogP contribution in [-0.2, 0) is 16.4 Å². The molecular formula is C20H27NO3S. The Kier molecular flexibility index (Phi) is 6.62. The lowest BCUT2D eigenvalue weighted by molar-refractivity contribution is 0.204. The van der Waals surface area contributed by atoms with E-state index >= 15 is 0 Å². The SMILES string of the molecule is CC(C)CCc1ccc(S(=O)(=O)N(CC(C)O)c2ccccc2)cc1. The van der Waals surface area contributed by atoms with Gasteiger partial charge in [0.1, 0.15) is 0 Å². The molecule has 0 aliphatic rings. The van der Waals surface area contributed by atoms with E-state index in [1.54, 1.807) is 43.3 Å². The molecule has 2 aromatic carbocycles. The molecular weight excluding hydrogens is 334 g/mol. The molecule has 0 spiro atoms. The molecule has 0 amide bonds. The second-order valence-corrected chi connectivity index (χ2v) is 8.66. The summed E-state index contributed by atoms with van der Waals surface area (Å²) in [5.74, 6) is 0.614. The lowest BCUT2D eigenvalue weighted by atomic mass is 10.0. The van der Waals surface area contributed by atoms with E-state index in [0.29, 0.717) is 11.6 Å². The van der Waals surface area contributed by atoms with Gasteiger partial charge in [0.15, 0.2) is 0 Å². The van der Waals surface area contributed by atoms with E-state index in [4.69, 9.17) is 0 Å². The molecule has 1 atom stereocenters. The fraction of sp³-hybridized carbons (Fsp3) is 0.400. The zero-order chi connectivity index (χ0) is 18.4. The van der Waals surface area contributed by atoms with Crippen LogP contribution in [0, 0.1) is 5.92 Å². The Labute approximate surface area is 151 Å². The van der Waals surface area contributed by atoms with Crippen molar-refractivity contribution in [3.63, 3.8) is 0 Å². The van der Waals surface area contributed by atoms with Crippen molar-refractivity contribution in [3.8, 4) is 0 Å². The quantitative estimate of drug-likeness (QED) is 0.777. The topological polar surface area (TPSA) is 57.6 Å². The molecule has 1 N–H and O–H groups in total. The van der Waals surface area contributed by atoms with Crippen molar-refractivity contribution < 1.29 is 13.5 Å². The maximum Gasteiger partial charge on any atom is 0.264 e. The van der Waals surface area contributed by atoms with Gasteiger partial charge in [0.05, 0.1) is 23.2 Å². The molecule has 136 valence electrons. The van der Waals surface area contributed by atoms with Crippen LogP contribution in [0.15, 0.2) is 59.5 Å². The highest BCUT2D eigenvalue weighted by molar-refractivity contribution is 7.92. The van der Waals surface area contributed by atoms with Gasteiger partial charge in [0, 0.05) is 0 Å². The number of aryl methyl sites for hydroxylation is 1. The van der Waals surface area contributed by atoms with Gasteiger partial charge >= 0.3 is 0 Å². The Balaban J connectivity index is 2.30. The molecule has 0 aliphatic carbocycles. The first-order chi connectivity index (χ1) is 11.8. The standard InChI is InChI=1S/C20H27NO3S/c1-16(2)9-10-18-11-13-20(14-12-18)25(23,24)21(15-17(3)22)19-7-5-4-6-8-19/h4-8,11-14,16-17,22H,9-10,15H2,1-3H3. The van der Waals surface area contributed by atoms with E-state index in [-0.39, 0.29) is 11.4 Å². The van der Waals surface area contributed by atoms with E-state index in [1.165, 1.54) is 4.31 Å². The smallest absolute Gasteiger partial charge is 0.264 e. The van der Waals surface area contributed by atoms with Gasteiger partial charge < -0.3 is 5.11 Å². The number of sulfonamides is 1. The fourth-order valence-corrected chi connectivity index (χ4v) is 4.13. The number of hydrogen-bond acceptors (Lipinski definition) is 3. The highest BCUT2D eigenvalue weighted by Crippen LogP contribution is 2.24. The first-order valence-electron chi connectivity index (χ1n) is 8.65. The summed E-state index contributed by atoms with van der Waals surface area (Å²) >= 11 is 0. The predicted octanol–water partition coefficient (Wildman–Crippen LogP) is 3.85. The lowest BCUT2D eigenvalue weighted by Gasteiger charge is -2.25. The molecule has 5 heteroatoms. The molecule has 0 aromatic heterocycles. The summed E-state index contributed by atoms with van der Waals surface area (Å²) < 4.78 is 27.4. The van der Waals surface area contributed by atoms with Gasteiger partial charge in [-0.25, -0.2) is 8.42 Å². The Bertz CT molecular complexity index is 753. The van der Waals surface area contributed by atoms with Crippen molar-refractivity contribution in [1.82, 2.24) is 0 Å². The third-order valence-electron chi connectivity index (χ3n) is 4.00. The first kappa shape index (κ1) is 19.5. The monoisotopic (exact) mass is 361 g/mol. The molecule has 2 aromatic rings. The highest BCUT2D eigenvalue weighted by atomic mass is 32.2. The molecule has 0 saturated carbocycles. The minimum atomic E-state index is -3.72. The maximum absolute atomic E-state index is 13.1. The predicted molar refractivity (Wildman–Crippen MR) is 102 cm³/mol. The summed E-state index contributed by atoms with van der Waals surface area (Å²) in [5, 5.41) is 9.75. The van der Waals surface area contributed by atoms with E-state index < -0.39 is 16.1 Å². The summed E-state index contributed by atoms with van der Waals surface area (Å²) in [5.41, 5.74) is 1.68. The Morgan fingerprint density at radius 1 is 0.960 bits per heavy atom. The van der Waals surface area contributed by atoms with Crippen LogP contribution in [0.1, 0.15) is 32.8 Å². The average Bonchev–Trinajstić information content (AvgIpc) is 2.58. The maximum atomic E-state index is 13.1. The zero-order valence-electron chi connectivity index (χ0n) is 15.1. The van der Waals surface area contributed by atoms with E-state index in [2.05, 4.69) is 13.8 Å². The van der Waals surface area contributed by atoms with Crippen LogP contribution in [0.5, 0.6) is 0 Å². The molecule has 25 heavy (non-hydrogen) atoms. The molecule has 1 unspecified atom stereocenters. The van der Waals surface area contributed by atoms with Crippen LogP contribution in [0.4, 0.5) is 5.69 Å². The number of hydrogen-bond donors (Lipinski definition) is 1. The Hall–Kier alpha value is -1.85. The molecule has 0 fully saturated rings. The summed E-state index contributed by atoms with van der Waals surface area (Å²) in [7, 11) is -3.72. The van der Waals surface area contributed by atoms with Crippen LogP contribution in [0.3, 0.4) is 0 Å². The largest absolute Gasteiger partial charge is 0.392 e. The molecule has 0 heterocycles. The summed E-state index contributed by atoms with van der Waals surface area (Å²) in [4.78, 5) is 0.241. The molecule has 0 radical (unpaired) electrons. The van der Waals surface area contributed by atoms with Gasteiger partial charge in [0.25, 0.3) is 10.0 Å². The minimum Gasteiger partial charge on any atom is -0.392 e. The third kappa shape index (κ3) is 5.31. The van der Waals surface area contributed by atoms with Crippen LogP contribution in [0.2, 0.25) is 0 Å². The second-order valence-electron chi connectivity index (χ2n) is 6.80. The van der Waals surface area contributed by atoms with Crippen molar-refractivity contribution >= 4 is 15.7 Å². The normalized spacial score (nSPS) is 13.0. The third-order valence-corrected chi connectivity index (χ3v) is 5.80. The number of rotatable bonds is 8. The van der Waals surface area contributed by atoms with Gasteiger partial charge in [-0.1, -0.05) is 44.2 Å². The number of nitrogens with zero attached hydrogens (tertiary/aromatic N) is 1. The fourth-order valence-electron chi connectivity index (χ4n) is 2.59. The zero-order valence-corrected chi connectivity index (χ0v) is 15.9. The van der Waals surface area contributed by atoms with Gasteiger partial charge in [-0.05, 0) is 55.5 Å². The average molecular weight is 362 g/mol. The van der Waals surface area contributed by atoms with Gasteiger partial charge in [-0.3, -0.25) is 4.31 Å². The number of aliphatic hydroxyl groups excluding tert-OH is 1. The van der Waals surface area contributed by atoms with Crippen molar-refractivity contribution in [2.45, 2.75) is 44.6 Å². The van der Waals surface area contributed by atoms with Crippen molar-refractivity contribution in [1.29, 1.82) is 0 Å². The number of aliphatic hydroxyl groups is 1. The second kappa shape index (κ2) is 8.50. The Morgan fingerprint density at radius 3 is 2.08 bits per heavy atom. The molecule has 0 aliphatic heterocycles. The number of para-hydroxylation sites is 1. The Morgan fingerprint density at radius 2 is 1.56 bits per heavy atom. The summed E-state index contributed by atoms with van der Waals surface area (Å²) in [6.45, 7) is 5.95. The van der Waals surface area contributed by atoms with Gasteiger partial charge in [0.2, 0.25) is 0 Å². The highest BCUT2D eigenvalue weighted by Gasteiger charge is 2.25. The molecule has 4 nitrogen and oxygen atoms in total. The van der Waals surface area contributed by atoms with Crippen molar-refractivity contribution in [2.75, 3.05) is 10.8 Å². The summed E-state index contributed by atoms with van der Waals surface area (Å²) in [6, 6.07) is 15.9. The minimum absolute atomic E-state index is 0.0153. The van der Waals surface area contributed by atoms with Gasteiger partial charge in [-0.2, -0.15) is 0 Å². The number of anilines is 1. The van der Waals surface area contributed by atoms with Crippen LogP contribution >= 0.6 is 0 Å². The van der Waals surface area contributed by atoms with Crippen LogP contribution in [0.25, 0.3) is 0 Å². The molecule has 0 saturated heterocycles. The molecule has 0 bridgehead atoms. The van der Waals surface area contributed by atoms with E-state index in [9.17, 15) is 13.5 Å². The van der Waals surface area contributed by atoms with Crippen molar-refractivity contribution in [2.24, 2.45) is 5.92 Å². The lowest BCUT2D eigenvalue weighted by Crippen LogP contribution is -2.36. The first-order valence-corrected chi connectivity index (χ1v) is 10.1. The van der Waals surface area contributed by atoms with E-state index in [0.717, 1.165) is 18.4 Å². The van der Waals surface area contributed by atoms with Crippen LogP contribution in [-0.4, -0.2) is 26.2 Å². The molecule has 2 rings (SSSR count). The number of benzene rings is 2. The van der Waals surface area contributed by atoms with E-state index in [1.807, 2.05) is 18.2 Å². The van der Waals surface area contributed by atoms with Crippen LogP contribution < -0.4 is 4.31 Å². The summed E-state index contributed by atoms with van der Waals surface area (Å²) in [6.07, 6.45) is 1.25.